The highest BCUT2D eigenvalue weighted by atomic mass is 32.1. The number of pyridine rings is 1. The Labute approximate surface area is 277 Å². The molecule has 0 saturated heterocycles. The Morgan fingerprint density at radius 3 is 1.79 bits per heavy atom. The zero-order valence-corrected chi connectivity index (χ0v) is 27.1. The molecule has 7 aromatic carbocycles. The maximum atomic E-state index is 14.9. The molecule has 2 aromatic heterocycles. The highest BCUT2D eigenvalue weighted by Crippen LogP contribution is 2.44. The molecule has 0 N–H and O–H groups in total. The second kappa shape index (κ2) is 11.2. The van der Waals surface area contributed by atoms with Crippen LogP contribution in [0.15, 0.2) is 170 Å². The molecule has 0 atom stereocenters. The van der Waals surface area contributed by atoms with Gasteiger partial charge in [0.1, 0.15) is 0 Å². The average molecular weight is 638 g/mol. The predicted molar refractivity (Wildman–Crippen MR) is 202 cm³/mol. The van der Waals surface area contributed by atoms with Gasteiger partial charge in [-0.15, -0.1) is 11.3 Å². The number of hydrogen-bond acceptors (Lipinski definition) is 3. The molecule has 2 heterocycles. The molecule has 0 aliphatic carbocycles. The van der Waals surface area contributed by atoms with E-state index in [4.69, 9.17) is 4.98 Å². The van der Waals surface area contributed by atoms with Gasteiger partial charge in [0.2, 0.25) is 0 Å². The van der Waals surface area contributed by atoms with E-state index in [0.717, 1.165) is 54.6 Å². The Balaban J connectivity index is 1.10. The molecule has 9 aromatic rings. The highest BCUT2D eigenvalue weighted by molar-refractivity contribution is 7.85. The van der Waals surface area contributed by atoms with Gasteiger partial charge in [0, 0.05) is 42.3 Å². The lowest BCUT2D eigenvalue weighted by Gasteiger charge is -2.20. The van der Waals surface area contributed by atoms with E-state index < -0.39 is 7.14 Å². The van der Waals surface area contributed by atoms with Gasteiger partial charge in [0.25, 0.3) is 0 Å². The minimum Gasteiger partial charge on any atom is -0.309 e. The molecule has 9 rings (SSSR count). The van der Waals surface area contributed by atoms with Crippen LogP contribution in [0, 0.1) is 0 Å². The fourth-order valence-electron chi connectivity index (χ4n) is 6.78. The number of nitrogens with zero attached hydrogens (tertiary/aromatic N) is 1. The molecule has 0 spiro atoms. The Kier molecular flexibility index (Phi) is 6.64. The van der Waals surface area contributed by atoms with Crippen molar-refractivity contribution in [1.29, 1.82) is 0 Å². The fourth-order valence-corrected chi connectivity index (χ4v) is 10.7. The largest absolute Gasteiger partial charge is 0.309 e. The lowest BCUT2D eigenvalue weighted by atomic mass is 9.98. The van der Waals surface area contributed by atoms with Gasteiger partial charge in [-0.3, -0.25) is 0 Å². The molecule has 0 aliphatic heterocycles. The molecule has 4 heteroatoms. The Hall–Kier alpha value is -5.34. The summed E-state index contributed by atoms with van der Waals surface area (Å²) in [6.45, 7) is 0. The first-order chi connectivity index (χ1) is 23.2. The molecule has 47 heavy (non-hydrogen) atoms. The van der Waals surface area contributed by atoms with Crippen molar-refractivity contribution in [3.05, 3.63) is 170 Å². The van der Waals surface area contributed by atoms with Crippen LogP contribution in [-0.4, -0.2) is 4.98 Å². The summed E-state index contributed by atoms with van der Waals surface area (Å²) in [6.07, 6.45) is 0. The molecule has 0 radical (unpaired) electrons. The number of rotatable bonds is 5. The lowest BCUT2D eigenvalue weighted by molar-refractivity contribution is 0.592. The van der Waals surface area contributed by atoms with Crippen molar-refractivity contribution in [3.63, 3.8) is 0 Å². The van der Waals surface area contributed by atoms with Crippen molar-refractivity contribution < 1.29 is 4.57 Å². The molecule has 0 saturated carbocycles. The summed E-state index contributed by atoms with van der Waals surface area (Å²) in [5.74, 6) is 0. The molecular formula is C43H28NOPS. The van der Waals surface area contributed by atoms with Crippen molar-refractivity contribution in [3.8, 4) is 22.4 Å². The summed E-state index contributed by atoms with van der Waals surface area (Å²) in [4.78, 5) is 5.17. The number of para-hydroxylation sites is 1. The van der Waals surface area contributed by atoms with Crippen molar-refractivity contribution in [2.45, 2.75) is 0 Å². The van der Waals surface area contributed by atoms with Gasteiger partial charge < -0.3 is 4.57 Å². The molecule has 0 bridgehead atoms. The van der Waals surface area contributed by atoms with Gasteiger partial charge in [-0.05, 0) is 46.2 Å². The van der Waals surface area contributed by atoms with Gasteiger partial charge in [-0.2, -0.15) is 0 Å². The minimum absolute atomic E-state index is 0.843. The van der Waals surface area contributed by atoms with E-state index >= 15 is 0 Å². The zero-order chi connectivity index (χ0) is 31.4. The Morgan fingerprint density at radius 2 is 1.04 bits per heavy atom. The van der Waals surface area contributed by atoms with E-state index in [1.807, 2.05) is 78.1 Å². The number of benzene rings is 7. The van der Waals surface area contributed by atoms with E-state index in [1.165, 1.54) is 25.6 Å². The van der Waals surface area contributed by atoms with Crippen molar-refractivity contribution in [2.24, 2.45) is 0 Å². The smallest absolute Gasteiger partial charge is 0.171 e. The molecule has 2 nitrogen and oxygen atoms in total. The van der Waals surface area contributed by atoms with Crippen LogP contribution in [0.3, 0.4) is 0 Å². The molecule has 0 aliphatic rings. The second-order valence-corrected chi connectivity index (χ2v) is 15.7. The third kappa shape index (κ3) is 4.62. The monoisotopic (exact) mass is 637 g/mol. The van der Waals surface area contributed by atoms with Crippen LogP contribution in [0.1, 0.15) is 0 Å². The molecular weight excluding hydrogens is 610 g/mol. The van der Waals surface area contributed by atoms with E-state index in [0.29, 0.717) is 0 Å². The maximum absolute atomic E-state index is 14.9. The molecule has 222 valence electrons. The number of aromatic nitrogens is 1. The summed E-state index contributed by atoms with van der Waals surface area (Å²) in [5, 5.41) is 8.49. The highest BCUT2D eigenvalue weighted by Gasteiger charge is 2.29. The van der Waals surface area contributed by atoms with Crippen LogP contribution < -0.4 is 15.9 Å². The fraction of sp³-hybridized carbons (Fsp3) is 0. The normalized spacial score (nSPS) is 11.9. The Morgan fingerprint density at radius 1 is 0.468 bits per heavy atom. The van der Waals surface area contributed by atoms with Crippen LogP contribution in [0.4, 0.5) is 0 Å². The van der Waals surface area contributed by atoms with Crippen LogP contribution in [-0.2, 0) is 4.57 Å². The van der Waals surface area contributed by atoms with Crippen molar-refractivity contribution in [2.75, 3.05) is 0 Å². The van der Waals surface area contributed by atoms with Crippen molar-refractivity contribution in [1.82, 2.24) is 4.98 Å². The van der Waals surface area contributed by atoms with E-state index in [2.05, 4.69) is 103 Å². The van der Waals surface area contributed by atoms with Crippen LogP contribution in [0.2, 0.25) is 0 Å². The van der Waals surface area contributed by atoms with Crippen LogP contribution in [0.25, 0.3) is 64.2 Å². The summed E-state index contributed by atoms with van der Waals surface area (Å²) in [6, 6.07) is 58.4. The minimum atomic E-state index is -3.03. The first-order valence-electron chi connectivity index (χ1n) is 15.7. The molecule has 0 amide bonds. The third-order valence-electron chi connectivity index (χ3n) is 9.13. The van der Waals surface area contributed by atoms with E-state index in [-0.39, 0.29) is 0 Å². The first kappa shape index (κ1) is 27.9. The molecule has 0 fully saturated rings. The topological polar surface area (TPSA) is 30.0 Å². The van der Waals surface area contributed by atoms with Gasteiger partial charge >= 0.3 is 0 Å². The molecule has 0 unspecified atom stereocenters. The Bertz CT molecular complexity index is 2600. The first-order valence-corrected chi connectivity index (χ1v) is 18.3. The SMILES string of the molecule is O=P(c1ccccc1)(c1ccccc1)c1ccc2cc(-c3ccc(-c4nc5ccccc5c5c4sc4ccccc45)cc3)ccc2c1. The van der Waals surface area contributed by atoms with E-state index in [1.54, 1.807) is 0 Å². The summed E-state index contributed by atoms with van der Waals surface area (Å²) < 4.78 is 17.4. The van der Waals surface area contributed by atoms with Gasteiger partial charge in [-0.25, -0.2) is 4.98 Å². The lowest BCUT2D eigenvalue weighted by Crippen LogP contribution is -2.24. The number of hydrogen-bond donors (Lipinski definition) is 0. The maximum Gasteiger partial charge on any atom is 0.171 e. The second-order valence-electron chi connectivity index (χ2n) is 11.9. The number of fused-ring (bicyclic) bond motifs is 6. The average Bonchev–Trinajstić information content (AvgIpc) is 3.55. The van der Waals surface area contributed by atoms with E-state index in [9.17, 15) is 4.57 Å². The van der Waals surface area contributed by atoms with Crippen LogP contribution in [0.5, 0.6) is 0 Å². The standard InChI is InChI=1S/C43H28NOPS/c45-46(34-11-3-1-4-12-34,35-13-5-2-6-14-35)36-26-25-32-27-31(23-24-33(32)28-36)29-19-21-30(22-20-29)42-43-41(37-15-7-9-17-39(37)44-42)38-16-8-10-18-40(38)47-43/h1-28H. The van der Waals surface area contributed by atoms with Gasteiger partial charge in [0.15, 0.2) is 7.14 Å². The predicted octanol–water partition coefficient (Wildman–Crippen LogP) is 10.7. The van der Waals surface area contributed by atoms with Gasteiger partial charge in [0.05, 0.1) is 15.9 Å². The number of thiophene rings is 1. The van der Waals surface area contributed by atoms with Gasteiger partial charge in [-0.1, -0.05) is 146 Å². The zero-order valence-electron chi connectivity index (χ0n) is 25.4. The summed E-state index contributed by atoms with van der Waals surface area (Å²) in [5.41, 5.74) is 5.44. The van der Waals surface area contributed by atoms with Crippen LogP contribution >= 0.6 is 18.5 Å². The quantitative estimate of drug-likeness (QED) is 0.176. The third-order valence-corrected chi connectivity index (χ3v) is 13.4. The summed E-state index contributed by atoms with van der Waals surface area (Å²) >= 11 is 1.82. The summed E-state index contributed by atoms with van der Waals surface area (Å²) in [7, 11) is -3.03. The van der Waals surface area contributed by atoms with Crippen molar-refractivity contribution >= 4 is 76.2 Å².